The Labute approximate surface area is 106 Å². The number of carboxylic acids is 1. The number of fused-ring (bicyclic) bond motifs is 1. The number of aliphatic carboxylic acids is 1. The van der Waals surface area contributed by atoms with Gasteiger partial charge in [-0.3, -0.25) is 4.79 Å². The monoisotopic (exact) mass is 251 g/mol. The highest BCUT2D eigenvalue weighted by atomic mass is 35.5. The zero-order valence-electron chi connectivity index (χ0n) is 9.17. The molecule has 90 valence electrons. The minimum atomic E-state index is -0.874. The lowest BCUT2D eigenvalue weighted by atomic mass is 10.0. The molecule has 0 aliphatic carbocycles. The Hall–Kier alpha value is -1.58. The lowest BCUT2D eigenvalue weighted by molar-refractivity contribution is -0.137. The predicted octanol–water partition coefficient (Wildman–Crippen LogP) is 2.74. The van der Waals surface area contributed by atoms with E-state index < -0.39 is 12.0 Å². The van der Waals surface area contributed by atoms with E-state index in [0.717, 1.165) is 16.3 Å². The molecule has 0 aliphatic heterocycles. The number of hydrogen-bond acceptors (Lipinski definition) is 2. The Kier molecular flexibility index (Phi) is 4.49. The van der Waals surface area contributed by atoms with Gasteiger partial charge in [-0.25, -0.2) is 0 Å². The summed E-state index contributed by atoms with van der Waals surface area (Å²) in [5.41, 5.74) is 6.67. The second-order valence-electron chi connectivity index (χ2n) is 3.81. The zero-order chi connectivity index (χ0) is 11.5. The summed E-state index contributed by atoms with van der Waals surface area (Å²) >= 11 is 0. The molecule has 2 rings (SSSR count). The fraction of sp³-hybridized carbons (Fsp3) is 0.154. The van der Waals surface area contributed by atoms with Crippen molar-refractivity contribution >= 4 is 29.1 Å². The summed E-state index contributed by atoms with van der Waals surface area (Å²) in [6.45, 7) is 0. The van der Waals surface area contributed by atoms with Crippen LogP contribution in [0.5, 0.6) is 0 Å². The second kappa shape index (κ2) is 5.66. The topological polar surface area (TPSA) is 63.3 Å². The number of nitrogens with two attached hydrogens (primary N) is 1. The van der Waals surface area contributed by atoms with E-state index in [1.165, 1.54) is 0 Å². The van der Waals surface area contributed by atoms with E-state index in [4.69, 9.17) is 10.8 Å². The molecule has 0 fully saturated rings. The summed E-state index contributed by atoms with van der Waals surface area (Å²) in [6.07, 6.45) is -0.0433. The molecule has 0 aliphatic rings. The summed E-state index contributed by atoms with van der Waals surface area (Å²) in [6, 6.07) is 13.3. The highest BCUT2D eigenvalue weighted by Crippen LogP contribution is 2.20. The van der Waals surface area contributed by atoms with E-state index in [-0.39, 0.29) is 18.8 Å². The van der Waals surface area contributed by atoms with Gasteiger partial charge in [-0.1, -0.05) is 36.4 Å². The van der Waals surface area contributed by atoms with Crippen molar-refractivity contribution in [1.82, 2.24) is 0 Å². The van der Waals surface area contributed by atoms with Crippen LogP contribution in [0.2, 0.25) is 0 Å². The third kappa shape index (κ3) is 3.19. The summed E-state index contributed by atoms with van der Waals surface area (Å²) in [4.78, 5) is 10.6. The fourth-order valence-corrected chi connectivity index (χ4v) is 1.74. The van der Waals surface area contributed by atoms with Gasteiger partial charge >= 0.3 is 5.97 Å². The first kappa shape index (κ1) is 13.5. The van der Waals surface area contributed by atoms with Crippen molar-refractivity contribution in [3.05, 3.63) is 48.0 Å². The SMILES string of the molecule is Cl.NC(CC(=O)O)c1ccc2ccccc2c1. The van der Waals surface area contributed by atoms with Crippen LogP contribution in [0.4, 0.5) is 0 Å². The number of carbonyl (C=O) groups is 1. The van der Waals surface area contributed by atoms with Gasteiger partial charge in [0.1, 0.15) is 0 Å². The molecule has 0 amide bonds. The molecule has 0 radical (unpaired) electrons. The Bertz CT molecular complexity index is 528. The molecule has 0 spiro atoms. The number of halogens is 1. The molecule has 1 unspecified atom stereocenters. The van der Waals surface area contributed by atoms with E-state index in [1.807, 2.05) is 42.5 Å². The normalized spacial score (nSPS) is 11.8. The van der Waals surface area contributed by atoms with Crippen molar-refractivity contribution in [3.63, 3.8) is 0 Å². The van der Waals surface area contributed by atoms with E-state index >= 15 is 0 Å². The van der Waals surface area contributed by atoms with Crippen LogP contribution in [0.15, 0.2) is 42.5 Å². The van der Waals surface area contributed by atoms with Crippen molar-refractivity contribution in [2.24, 2.45) is 5.73 Å². The summed E-state index contributed by atoms with van der Waals surface area (Å²) in [5.74, 6) is -0.874. The predicted molar refractivity (Wildman–Crippen MR) is 70.4 cm³/mol. The van der Waals surface area contributed by atoms with Gasteiger partial charge < -0.3 is 10.8 Å². The summed E-state index contributed by atoms with van der Waals surface area (Å²) in [5, 5.41) is 10.9. The molecule has 0 heterocycles. The fourth-order valence-electron chi connectivity index (χ4n) is 1.74. The first-order valence-electron chi connectivity index (χ1n) is 5.13. The Morgan fingerprint density at radius 2 is 1.82 bits per heavy atom. The Balaban J connectivity index is 0.00000144. The zero-order valence-corrected chi connectivity index (χ0v) is 9.98. The third-order valence-corrected chi connectivity index (χ3v) is 2.60. The minimum Gasteiger partial charge on any atom is -0.481 e. The molecule has 0 saturated heterocycles. The largest absolute Gasteiger partial charge is 0.481 e. The maximum atomic E-state index is 10.6. The molecule has 4 heteroatoms. The molecule has 2 aromatic carbocycles. The molecular weight excluding hydrogens is 238 g/mol. The van der Waals surface area contributed by atoms with E-state index in [0.29, 0.717) is 0 Å². The lowest BCUT2D eigenvalue weighted by Crippen LogP contribution is -2.14. The van der Waals surface area contributed by atoms with Gasteiger partial charge in [0.2, 0.25) is 0 Å². The van der Waals surface area contributed by atoms with Crippen molar-refractivity contribution < 1.29 is 9.90 Å². The molecule has 1 atom stereocenters. The molecule has 2 aromatic rings. The lowest BCUT2D eigenvalue weighted by Gasteiger charge is -2.10. The maximum absolute atomic E-state index is 10.6. The number of rotatable bonds is 3. The van der Waals surface area contributed by atoms with Crippen molar-refractivity contribution in [2.45, 2.75) is 12.5 Å². The first-order chi connectivity index (χ1) is 7.66. The van der Waals surface area contributed by atoms with Gasteiger partial charge in [0, 0.05) is 6.04 Å². The van der Waals surface area contributed by atoms with Crippen LogP contribution < -0.4 is 5.73 Å². The van der Waals surface area contributed by atoms with Gasteiger partial charge in [0.15, 0.2) is 0 Å². The second-order valence-corrected chi connectivity index (χ2v) is 3.81. The van der Waals surface area contributed by atoms with Crippen molar-refractivity contribution in [3.8, 4) is 0 Å². The maximum Gasteiger partial charge on any atom is 0.305 e. The molecule has 17 heavy (non-hydrogen) atoms. The van der Waals surface area contributed by atoms with Crippen LogP contribution in [0.1, 0.15) is 18.0 Å². The van der Waals surface area contributed by atoms with E-state index in [9.17, 15) is 4.79 Å². The number of hydrogen-bond donors (Lipinski definition) is 2. The van der Waals surface area contributed by atoms with Gasteiger partial charge in [-0.2, -0.15) is 0 Å². The average Bonchev–Trinajstić information content (AvgIpc) is 2.27. The third-order valence-electron chi connectivity index (χ3n) is 2.60. The summed E-state index contributed by atoms with van der Waals surface area (Å²) in [7, 11) is 0. The quantitative estimate of drug-likeness (QED) is 0.882. The van der Waals surface area contributed by atoms with Crippen LogP contribution in [-0.2, 0) is 4.79 Å². The Morgan fingerprint density at radius 1 is 1.18 bits per heavy atom. The molecule has 0 saturated carbocycles. The smallest absolute Gasteiger partial charge is 0.305 e. The van der Waals surface area contributed by atoms with Crippen molar-refractivity contribution in [1.29, 1.82) is 0 Å². The van der Waals surface area contributed by atoms with E-state index in [1.54, 1.807) is 0 Å². The molecular formula is C13H14ClNO2. The first-order valence-corrected chi connectivity index (χ1v) is 5.13. The van der Waals surface area contributed by atoms with Crippen LogP contribution in [0.25, 0.3) is 10.8 Å². The highest BCUT2D eigenvalue weighted by molar-refractivity contribution is 5.85. The molecule has 3 N–H and O–H groups in total. The van der Waals surface area contributed by atoms with E-state index in [2.05, 4.69) is 0 Å². The molecule has 0 aromatic heterocycles. The number of benzene rings is 2. The highest BCUT2D eigenvalue weighted by Gasteiger charge is 2.10. The van der Waals surface area contributed by atoms with Crippen LogP contribution in [-0.4, -0.2) is 11.1 Å². The summed E-state index contributed by atoms with van der Waals surface area (Å²) < 4.78 is 0. The van der Waals surface area contributed by atoms with Crippen LogP contribution >= 0.6 is 12.4 Å². The van der Waals surface area contributed by atoms with Gasteiger partial charge in [-0.15, -0.1) is 12.4 Å². The van der Waals surface area contributed by atoms with Gasteiger partial charge in [0.25, 0.3) is 0 Å². The van der Waals surface area contributed by atoms with Crippen LogP contribution in [0, 0.1) is 0 Å². The Morgan fingerprint density at radius 3 is 2.47 bits per heavy atom. The standard InChI is InChI=1S/C13H13NO2.ClH/c14-12(8-13(15)16)11-6-5-9-3-1-2-4-10(9)7-11;/h1-7,12H,8,14H2,(H,15,16);1H. The average molecular weight is 252 g/mol. The molecule has 3 nitrogen and oxygen atoms in total. The van der Waals surface area contributed by atoms with Crippen molar-refractivity contribution in [2.75, 3.05) is 0 Å². The van der Waals surface area contributed by atoms with Gasteiger partial charge in [-0.05, 0) is 22.4 Å². The number of carboxylic acid groups (broad SMARTS) is 1. The molecule has 0 bridgehead atoms. The minimum absolute atomic E-state index is 0. The van der Waals surface area contributed by atoms with Crippen LogP contribution in [0.3, 0.4) is 0 Å². The van der Waals surface area contributed by atoms with Gasteiger partial charge in [0.05, 0.1) is 6.42 Å².